The van der Waals surface area contributed by atoms with Gasteiger partial charge in [-0.2, -0.15) is 11.8 Å². The molecule has 0 aromatic carbocycles. The van der Waals surface area contributed by atoms with Crippen LogP contribution in [0.2, 0.25) is 0 Å². The number of aliphatic carboxylic acids is 2. The highest BCUT2D eigenvalue weighted by molar-refractivity contribution is 7.99. The molecule has 2 atom stereocenters. The van der Waals surface area contributed by atoms with Crippen molar-refractivity contribution in [1.29, 1.82) is 0 Å². The number of carbonyl (C=O) groups is 2. The highest BCUT2D eigenvalue weighted by Gasteiger charge is 2.14. The normalized spacial score (nSPS) is 15.2. The second-order valence-corrected chi connectivity index (χ2v) is 5.06. The van der Waals surface area contributed by atoms with Gasteiger partial charge in [-0.1, -0.05) is 19.1 Å². The van der Waals surface area contributed by atoms with Gasteiger partial charge >= 0.3 is 11.9 Å². The van der Waals surface area contributed by atoms with Crippen LogP contribution in [0, 0.1) is 11.8 Å². The molecule has 0 rings (SSSR count). The van der Waals surface area contributed by atoms with Crippen molar-refractivity contribution in [2.45, 2.75) is 13.2 Å². The van der Waals surface area contributed by atoms with Gasteiger partial charge in [0.1, 0.15) is 0 Å². The van der Waals surface area contributed by atoms with Crippen LogP contribution in [0.25, 0.3) is 0 Å². The van der Waals surface area contributed by atoms with E-state index in [1.807, 2.05) is 6.92 Å². The summed E-state index contributed by atoms with van der Waals surface area (Å²) in [5.74, 6) is -1.85. The molecule has 0 bridgehead atoms. The van der Waals surface area contributed by atoms with Gasteiger partial charge in [0.2, 0.25) is 0 Å². The molecule has 0 fully saturated rings. The van der Waals surface area contributed by atoms with Gasteiger partial charge in [-0.15, -0.1) is 0 Å². The zero-order valence-electron chi connectivity index (χ0n) is 10.5. The van der Waals surface area contributed by atoms with E-state index in [0.29, 0.717) is 11.5 Å². The Hall–Kier alpha value is -1.31. The Bertz CT molecular complexity index is 350. The first-order valence-corrected chi connectivity index (χ1v) is 6.74. The van der Waals surface area contributed by atoms with Crippen LogP contribution >= 0.6 is 11.8 Å². The summed E-state index contributed by atoms with van der Waals surface area (Å²) >= 11 is 1.39. The van der Waals surface area contributed by atoms with E-state index in [-0.39, 0.29) is 5.92 Å². The molecule has 6 nitrogen and oxygen atoms in total. The minimum atomic E-state index is -1.62. The molecule has 0 amide bonds. The maximum atomic E-state index is 10.3. The van der Waals surface area contributed by atoms with E-state index in [0.717, 1.165) is 12.2 Å². The molecule has 108 valence electrons. The number of carboxylic acids is 2. The summed E-state index contributed by atoms with van der Waals surface area (Å²) in [4.78, 5) is 20.6. The zero-order chi connectivity index (χ0) is 14.8. The second-order valence-electron chi connectivity index (χ2n) is 3.99. The molecule has 4 N–H and O–H groups in total. The molecule has 0 aromatic heterocycles. The van der Waals surface area contributed by atoms with Gasteiger partial charge in [-0.3, -0.25) is 0 Å². The third kappa shape index (κ3) is 10.3. The Morgan fingerprint density at radius 1 is 1.05 bits per heavy atom. The standard InChI is InChI=1S/C12H18O6S/c1-8(2-4-10(13)14)6-19-7-9(12(17)18)3-5-11(15)16/h2-5,8-9,12,17-18H,6-7H2,1H3,(H,13,14)(H,15,16). The topological polar surface area (TPSA) is 115 Å². The molecule has 7 heteroatoms. The van der Waals surface area contributed by atoms with Gasteiger partial charge < -0.3 is 20.4 Å². The van der Waals surface area contributed by atoms with Crippen LogP contribution < -0.4 is 0 Å². The Kier molecular flexibility index (Phi) is 8.94. The third-order valence-corrected chi connectivity index (χ3v) is 3.51. The molecule has 0 aliphatic rings. The van der Waals surface area contributed by atoms with Crippen molar-refractivity contribution < 1.29 is 30.0 Å². The van der Waals surface area contributed by atoms with Crippen molar-refractivity contribution in [3.8, 4) is 0 Å². The largest absolute Gasteiger partial charge is 0.478 e. The van der Waals surface area contributed by atoms with Crippen molar-refractivity contribution >= 4 is 23.7 Å². The average Bonchev–Trinajstić information content (AvgIpc) is 2.30. The van der Waals surface area contributed by atoms with Gasteiger partial charge in [-0.25, -0.2) is 9.59 Å². The molecule has 0 saturated carbocycles. The van der Waals surface area contributed by atoms with Crippen molar-refractivity contribution in [2.75, 3.05) is 11.5 Å². The van der Waals surface area contributed by atoms with Crippen LogP contribution in [0.1, 0.15) is 6.92 Å². The van der Waals surface area contributed by atoms with Crippen LogP contribution in [0.4, 0.5) is 0 Å². The molecule has 0 aliphatic heterocycles. The highest BCUT2D eigenvalue weighted by Crippen LogP contribution is 2.16. The lowest BCUT2D eigenvalue weighted by atomic mass is 10.1. The Morgan fingerprint density at radius 2 is 1.58 bits per heavy atom. The summed E-state index contributed by atoms with van der Waals surface area (Å²) in [5.41, 5.74) is 0. The highest BCUT2D eigenvalue weighted by atomic mass is 32.2. The summed E-state index contributed by atoms with van der Waals surface area (Å²) in [5, 5.41) is 35.0. The first-order chi connectivity index (χ1) is 8.82. The van der Waals surface area contributed by atoms with Gasteiger partial charge in [0, 0.05) is 23.8 Å². The van der Waals surface area contributed by atoms with Crippen LogP contribution in [-0.4, -0.2) is 50.2 Å². The van der Waals surface area contributed by atoms with E-state index < -0.39 is 24.1 Å². The second kappa shape index (κ2) is 9.60. The number of aliphatic hydroxyl groups excluding tert-OH is 1. The lowest BCUT2D eigenvalue weighted by Crippen LogP contribution is -2.20. The fraction of sp³-hybridized carbons (Fsp3) is 0.500. The lowest BCUT2D eigenvalue weighted by molar-refractivity contribution is -0.132. The van der Waals surface area contributed by atoms with Gasteiger partial charge in [0.15, 0.2) is 6.29 Å². The van der Waals surface area contributed by atoms with E-state index in [1.165, 1.54) is 17.8 Å². The molecule has 19 heavy (non-hydrogen) atoms. The molecule has 0 spiro atoms. The number of carboxylic acid groups (broad SMARTS) is 2. The minimum absolute atomic E-state index is 0.0287. The third-order valence-electron chi connectivity index (χ3n) is 2.13. The quantitative estimate of drug-likeness (QED) is 0.362. The Labute approximate surface area is 115 Å². The first-order valence-electron chi connectivity index (χ1n) is 5.59. The van der Waals surface area contributed by atoms with Gasteiger partial charge in [0.25, 0.3) is 0 Å². The SMILES string of the molecule is CC(C=CC(=O)O)CSCC(C=CC(=O)O)C(O)O. The molecule has 0 aliphatic carbocycles. The fourth-order valence-electron chi connectivity index (χ4n) is 1.14. The van der Waals surface area contributed by atoms with Gasteiger partial charge in [-0.05, 0) is 11.7 Å². The summed E-state index contributed by atoms with van der Waals surface area (Å²) in [6.07, 6.45) is 3.10. The fourth-order valence-corrected chi connectivity index (χ4v) is 2.31. The Balaban J connectivity index is 4.13. The van der Waals surface area contributed by atoms with Crippen LogP contribution in [0.5, 0.6) is 0 Å². The molecule has 0 radical (unpaired) electrons. The number of thioether (sulfide) groups is 1. The Morgan fingerprint density at radius 3 is 2.05 bits per heavy atom. The molecular formula is C12H18O6S. The van der Waals surface area contributed by atoms with Crippen molar-refractivity contribution in [1.82, 2.24) is 0 Å². The zero-order valence-corrected chi connectivity index (χ0v) is 11.3. The molecule has 0 saturated heterocycles. The predicted octanol–water partition coefficient (Wildman–Crippen LogP) is 0.564. The smallest absolute Gasteiger partial charge is 0.327 e. The lowest BCUT2D eigenvalue weighted by Gasteiger charge is -2.15. The van der Waals surface area contributed by atoms with Crippen molar-refractivity contribution in [3.63, 3.8) is 0 Å². The van der Waals surface area contributed by atoms with Crippen molar-refractivity contribution in [3.05, 3.63) is 24.3 Å². The van der Waals surface area contributed by atoms with Gasteiger partial charge in [0.05, 0.1) is 0 Å². The molecule has 0 aromatic rings. The number of rotatable bonds is 9. The minimum Gasteiger partial charge on any atom is -0.478 e. The molecule has 2 unspecified atom stereocenters. The van der Waals surface area contributed by atoms with E-state index in [1.54, 1.807) is 6.08 Å². The number of hydrogen-bond acceptors (Lipinski definition) is 5. The summed E-state index contributed by atoms with van der Waals surface area (Å²) < 4.78 is 0. The number of hydrogen-bond donors (Lipinski definition) is 4. The van der Waals surface area contributed by atoms with E-state index in [9.17, 15) is 9.59 Å². The maximum absolute atomic E-state index is 10.3. The molecule has 0 heterocycles. The summed E-state index contributed by atoms with van der Waals surface area (Å²) in [6.45, 7) is 1.84. The summed E-state index contributed by atoms with van der Waals surface area (Å²) in [7, 11) is 0. The van der Waals surface area contributed by atoms with Crippen molar-refractivity contribution in [2.24, 2.45) is 11.8 Å². The number of allylic oxidation sites excluding steroid dienone is 1. The maximum Gasteiger partial charge on any atom is 0.327 e. The van der Waals surface area contributed by atoms with E-state index >= 15 is 0 Å². The predicted molar refractivity (Wildman–Crippen MR) is 71.8 cm³/mol. The van der Waals surface area contributed by atoms with Crippen LogP contribution in [-0.2, 0) is 9.59 Å². The van der Waals surface area contributed by atoms with E-state index in [4.69, 9.17) is 20.4 Å². The van der Waals surface area contributed by atoms with Crippen LogP contribution in [0.3, 0.4) is 0 Å². The molecular weight excluding hydrogens is 272 g/mol. The average molecular weight is 290 g/mol. The van der Waals surface area contributed by atoms with E-state index in [2.05, 4.69) is 0 Å². The first kappa shape index (κ1) is 17.7. The summed E-state index contributed by atoms with van der Waals surface area (Å²) in [6, 6.07) is 0. The monoisotopic (exact) mass is 290 g/mol. The number of aliphatic hydroxyl groups is 2. The van der Waals surface area contributed by atoms with Crippen LogP contribution in [0.15, 0.2) is 24.3 Å².